The van der Waals surface area contributed by atoms with Crippen LogP contribution in [0.4, 0.5) is 13.2 Å². The third-order valence-corrected chi connectivity index (χ3v) is 3.00. The van der Waals surface area contributed by atoms with E-state index < -0.39 is 30.5 Å². The van der Waals surface area contributed by atoms with Gasteiger partial charge < -0.3 is 15.2 Å². The molecule has 0 aliphatic heterocycles. The number of amides is 1. The van der Waals surface area contributed by atoms with Crippen LogP contribution in [0, 0.1) is 13.8 Å². The van der Waals surface area contributed by atoms with Crippen molar-refractivity contribution in [2.75, 3.05) is 6.61 Å². The van der Waals surface area contributed by atoms with Gasteiger partial charge in [-0.05, 0) is 31.0 Å². The summed E-state index contributed by atoms with van der Waals surface area (Å²) in [6, 6.07) is 3.51. The quantitative estimate of drug-likeness (QED) is 0.804. The minimum absolute atomic E-state index is 0.0610. The Morgan fingerprint density at radius 1 is 1.30 bits per heavy atom. The average molecular weight is 333 g/mol. The third kappa shape index (κ3) is 7.03. The van der Waals surface area contributed by atoms with Crippen molar-refractivity contribution in [2.24, 2.45) is 0 Å². The monoisotopic (exact) mass is 333 g/mol. The first-order valence-electron chi connectivity index (χ1n) is 6.87. The minimum Gasteiger partial charge on any atom is -0.493 e. The number of aliphatic carboxylic acids is 1. The van der Waals surface area contributed by atoms with E-state index in [1.165, 1.54) is 0 Å². The van der Waals surface area contributed by atoms with E-state index in [-0.39, 0.29) is 13.0 Å². The smallest absolute Gasteiger partial charge is 0.391 e. The second kappa shape index (κ2) is 7.85. The van der Waals surface area contributed by atoms with E-state index in [4.69, 9.17) is 9.84 Å². The normalized spacial score (nSPS) is 12.6. The van der Waals surface area contributed by atoms with Crippen molar-refractivity contribution in [2.45, 2.75) is 38.9 Å². The molecule has 1 amide bonds. The van der Waals surface area contributed by atoms with Gasteiger partial charge in [-0.15, -0.1) is 0 Å². The zero-order valence-electron chi connectivity index (χ0n) is 12.7. The fourth-order valence-corrected chi connectivity index (χ4v) is 1.81. The van der Waals surface area contributed by atoms with Gasteiger partial charge in [-0.3, -0.25) is 4.79 Å². The molecule has 1 aromatic carbocycles. The first kappa shape index (κ1) is 18.8. The molecular weight excluding hydrogens is 315 g/mol. The molecule has 23 heavy (non-hydrogen) atoms. The zero-order chi connectivity index (χ0) is 17.6. The Hall–Kier alpha value is -2.25. The van der Waals surface area contributed by atoms with Crippen LogP contribution in [-0.2, 0) is 9.59 Å². The van der Waals surface area contributed by atoms with Gasteiger partial charge in [0.2, 0.25) is 5.91 Å². The van der Waals surface area contributed by atoms with Crippen LogP contribution in [0.25, 0.3) is 0 Å². The van der Waals surface area contributed by atoms with Gasteiger partial charge in [0, 0.05) is 0 Å². The van der Waals surface area contributed by atoms with Crippen LogP contribution in [0.3, 0.4) is 0 Å². The van der Waals surface area contributed by atoms with E-state index >= 15 is 0 Å². The molecule has 1 atom stereocenters. The van der Waals surface area contributed by atoms with Crippen molar-refractivity contribution in [3.63, 3.8) is 0 Å². The summed E-state index contributed by atoms with van der Waals surface area (Å²) in [7, 11) is 0. The van der Waals surface area contributed by atoms with E-state index in [9.17, 15) is 22.8 Å². The van der Waals surface area contributed by atoms with E-state index in [0.29, 0.717) is 5.75 Å². The molecule has 2 N–H and O–H groups in total. The number of hydrogen-bond acceptors (Lipinski definition) is 3. The summed E-state index contributed by atoms with van der Waals surface area (Å²) in [6.45, 7) is 3.63. The summed E-state index contributed by atoms with van der Waals surface area (Å²) >= 11 is 0. The Bertz CT molecular complexity index is 572. The fourth-order valence-electron chi connectivity index (χ4n) is 1.81. The predicted octanol–water partition coefficient (Wildman–Crippen LogP) is 2.59. The number of ether oxygens (including phenoxy) is 1. The van der Waals surface area contributed by atoms with E-state index in [0.717, 1.165) is 11.1 Å². The van der Waals surface area contributed by atoms with Crippen LogP contribution < -0.4 is 10.1 Å². The third-order valence-electron chi connectivity index (χ3n) is 3.00. The molecule has 0 saturated heterocycles. The fraction of sp³-hybridized carbons (Fsp3) is 0.467. The molecule has 1 aromatic rings. The van der Waals surface area contributed by atoms with Crippen LogP contribution in [0.2, 0.25) is 0 Å². The van der Waals surface area contributed by atoms with Crippen LogP contribution >= 0.6 is 0 Å². The van der Waals surface area contributed by atoms with Gasteiger partial charge in [0.15, 0.2) is 0 Å². The molecular formula is C15H18F3NO4. The Balaban J connectivity index is 2.49. The lowest BCUT2D eigenvalue weighted by atomic mass is 10.1. The number of benzene rings is 1. The maximum atomic E-state index is 12.2. The maximum Gasteiger partial charge on any atom is 0.391 e. The highest BCUT2D eigenvalue weighted by Crippen LogP contribution is 2.22. The number of halogens is 3. The summed E-state index contributed by atoms with van der Waals surface area (Å²) in [4.78, 5) is 22.3. The number of nitrogens with one attached hydrogen (secondary N) is 1. The largest absolute Gasteiger partial charge is 0.493 e. The summed E-state index contributed by atoms with van der Waals surface area (Å²) in [6.07, 6.45) is -6.54. The number of aryl methyl sites for hydroxylation is 2. The van der Waals surface area contributed by atoms with Crippen LogP contribution in [0.5, 0.6) is 5.75 Å². The SMILES string of the molecule is Cc1ccc(C)c(OCCC(=O)NC(CC(F)(F)F)C(=O)O)c1. The summed E-state index contributed by atoms with van der Waals surface area (Å²) < 4.78 is 42.1. The molecule has 0 aliphatic rings. The average Bonchev–Trinajstić information content (AvgIpc) is 2.40. The predicted molar refractivity (Wildman–Crippen MR) is 76.3 cm³/mol. The van der Waals surface area contributed by atoms with Crippen molar-refractivity contribution >= 4 is 11.9 Å². The Morgan fingerprint density at radius 2 is 1.96 bits per heavy atom. The lowest BCUT2D eigenvalue weighted by molar-refractivity contribution is -0.160. The Labute approximate surface area is 131 Å². The number of carbonyl (C=O) groups is 2. The molecule has 0 aromatic heterocycles. The number of carboxylic acids is 1. The molecule has 0 heterocycles. The standard InChI is InChI=1S/C15H18F3NO4/c1-9-3-4-10(2)12(7-9)23-6-5-13(20)19-11(14(21)22)8-15(16,17)18/h3-4,7,11H,5-6,8H2,1-2H3,(H,19,20)(H,21,22). The van der Waals surface area contributed by atoms with E-state index in [2.05, 4.69) is 0 Å². The van der Waals surface area contributed by atoms with Crippen molar-refractivity contribution in [1.29, 1.82) is 0 Å². The highest BCUT2D eigenvalue weighted by Gasteiger charge is 2.36. The van der Waals surface area contributed by atoms with Crippen molar-refractivity contribution in [3.05, 3.63) is 29.3 Å². The lowest BCUT2D eigenvalue weighted by Crippen LogP contribution is -2.43. The maximum absolute atomic E-state index is 12.2. The first-order chi connectivity index (χ1) is 10.6. The summed E-state index contributed by atoms with van der Waals surface area (Å²) in [5.41, 5.74) is 1.82. The Kier molecular flexibility index (Phi) is 6.41. The van der Waals surface area contributed by atoms with Crippen LogP contribution in [0.15, 0.2) is 18.2 Å². The van der Waals surface area contributed by atoms with E-state index in [1.807, 2.05) is 31.3 Å². The highest BCUT2D eigenvalue weighted by molar-refractivity contribution is 5.83. The number of alkyl halides is 3. The Morgan fingerprint density at radius 3 is 2.52 bits per heavy atom. The van der Waals surface area contributed by atoms with Gasteiger partial charge in [0.05, 0.1) is 19.4 Å². The van der Waals surface area contributed by atoms with Gasteiger partial charge in [0.25, 0.3) is 0 Å². The number of carboxylic acid groups (broad SMARTS) is 1. The van der Waals surface area contributed by atoms with Gasteiger partial charge >= 0.3 is 12.1 Å². The highest BCUT2D eigenvalue weighted by atomic mass is 19.4. The molecule has 0 bridgehead atoms. The second-order valence-electron chi connectivity index (χ2n) is 5.15. The first-order valence-corrected chi connectivity index (χ1v) is 6.87. The summed E-state index contributed by atoms with van der Waals surface area (Å²) in [5, 5.41) is 10.6. The molecule has 1 rings (SSSR count). The van der Waals surface area contributed by atoms with Crippen molar-refractivity contribution < 1.29 is 32.6 Å². The van der Waals surface area contributed by atoms with Crippen molar-refractivity contribution in [1.82, 2.24) is 5.32 Å². The molecule has 0 saturated carbocycles. The second-order valence-corrected chi connectivity index (χ2v) is 5.15. The minimum atomic E-state index is -4.68. The molecule has 0 spiro atoms. The van der Waals surface area contributed by atoms with E-state index in [1.54, 1.807) is 6.07 Å². The number of rotatable bonds is 7. The molecule has 0 aliphatic carbocycles. The van der Waals surface area contributed by atoms with Crippen LogP contribution in [-0.4, -0.2) is 35.8 Å². The molecule has 5 nitrogen and oxygen atoms in total. The molecule has 1 unspecified atom stereocenters. The topological polar surface area (TPSA) is 75.6 Å². The van der Waals surface area contributed by atoms with Crippen LogP contribution in [0.1, 0.15) is 24.0 Å². The van der Waals surface area contributed by atoms with Gasteiger partial charge in [-0.25, -0.2) is 4.79 Å². The molecule has 8 heteroatoms. The molecule has 0 fully saturated rings. The lowest BCUT2D eigenvalue weighted by Gasteiger charge is -2.16. The molecule has 128 valence electrons. The summed E-state index contributed by atoms with van der Waals surface area (Å²) in [5.74, 6) is -1.97. The van der Waals surface area contributed by atoms with Gasteiger partial charge in [-0.2, -0.15) is 13.2 Å². The van der Waals surface area contributed by atoms with Gasteiger partial charge in [0.1, 0.15) is 11.8 Å². The zero-order valence-corrected chi connectivity index (χ0v) is 12.7. The molecule has 0 radical (unpaired) electrons. The number of hydrogen-bond donors (Lipinski definition) is 2. The van der Waals surface area contributed by atoms with Crippen molar-refractivity contribution in [3.8, 4) is 5.75 Å². The number of carbonyl (C=O) groups excluding carboxylic acids is 1. The van der Waals surface area contributed by atoms with Gasteiger partial charge in [-0.1, -0.05) is 12.1 Å².